The number of piperidine rings is 1. The normalized spacial score (nSPS) is 21.8. The van der Waals surface area contributed by atoms with Crippen molar-refractivity contribution in [1.29, 1.82) is 0 Å². The zero-order chi connectivity index (χ0) is 15.6. The molecule has 1 atom stereocenters. The maximum atomic E-state index is 14.2. The van der Waals surface area contributed by atoms with Crippen LogP contribution in [-0.4, -0.2) is 51.4 Å². The Morgan fingerprint density at radius 2 is 2.23 bits per heavy atom. The van der Waals surface area contributed by atoms with E-state index in [1.54, 1.807) is 24.5 Å². The number of likely N-dealkylation sites (tertiary alicyclic amines) is 1. The lowest BCUT2D eigenvalue weighted by Gasteiger charge is -2.35. The zero-order valence-corrected chi connectivity index (χ0v) is 11.9. The highest BCUT2D eigenvalue weighted by molar-refractivity contribution is 5.93. The summed E-state index contributed by atoms with van der Waals surface area (Å²) in [5.74, 6) is 0.0654. The number of aliphatic hydroxyl groups excluding tert-OH is 1. The number of alkyl halides is 1. The van der Waals surface area contributed by atoms with Gasteiger partial charge in [0.15, 0.2) is 17.1 Å². The molecule has 2 aromatic rings. The number of hydrogen-bond acceptors (Lipinski definition) is 5. The highest BCUT2D eigenvalue weighted by Gasteiger charge is 2.37. The fourth-order valence-electron chi connectivity index (χ4n) is 2.58. The predicted molar refractivity (Wildman–Crippen MR) is 75.8 cm³/mol. The summed E-state index contributed by atoms with van der Waals surface area (Å²) in [5, 5.41) is 12.9. The van der Waals surface area contributed by atoms with Crippen LogP contribution in [0.25, 0.3) is 11.3 Å². The van der Waals surface area contributed by atoms with E-state index in [1.807, 2.05) is 0 Å². The molecule has 1 amide bonds. The number of halogens is 1. The van der Waals surface area contributed by atoms with Crippen LogP contribution in [0, 0.1) is 0 Å². The number of amides is 1. The van der Waals surface area contributed by atoms with Crippen molar-refractivity contribution >= 4 is 5.91 Å². The van der Waals surface area contributed by atoms with Gasteiger partial charge in [-0.05, 0) is 25.0 Å². The SMILES string of the molecule is O=C(c1cc(-c2ccncc2)on1)N1CCCC(F)(CO)C1. The first kappa shape index (κ1) is 14.6. The molecule has 7 heteroatoms. The molecule has 0 aromatic carbocycles. The van der Waals surface area contributed by atoms with Crippen LogP contribution in [0.4, 0.5) is 4.39 Å². The summed E-state index contributed by atoms with van der Waals surface area (Å²) in [6.07, 6.45) is 4.00. The number of aliphatic hydroxyl groups is 1. The second kappa shape index (κ2) is 5.84. The molecule has 0 radical (unpaired) electrons. The van der Waals surface area contributed by atoms with Crippen molar-refractivity contribution in [2.24, 2.45) is 0 Å². The standard InChI is InChI=1S/C15H16FN3O3/c16-15(10-20)4-1-7-19(9-15)14(21)12-8-13(22-18-12)11-2-5-17-6-3-11/h2-3,5-6,8,20H,1,4,7,9-10H2. The second-order valence-electron chi connectivity index (χ2n) is 5.45. The van der Waals surface area contributed by atoms with Gasteiger partial charge < -0.3 is 14.5 Å². The van der Waals surface area contributed by atoms with Crippen LogP contribution in [0.3, 0.4) is 0 Å². The molecule has 6 nitrogen and oxygen atoms in total. The summed E-state index contributed by atoms with van der Waals surface area (Å²) in [5.41, 5.74) is -0.838. The van der Waals surface area contributed by atoms with Crippen LogP contribution in [0.2, 0.25) is 0 Å². The van der Waals surface area contributed by atoms with Crippen molar-refractivity contribution in [3.8, 4) is 11.3 Å². The summed E-state index contributed by atoms with van der Waals surface area (Å²) in [7, 11) is 0. The first-order valence-electron chi connectivity index (χ1n) is 7.07. The van der Waals surface area contributed by atoms with Crippen molar-refractivity contribution in [1.82, 2.24) is 15.0 Å². The number of pyridine rings is 1. The monoisotopic (exact) mass is 305 g/mol. The predicted octanol–water partition coefficient (Wildman–Crippen LogP) is 1.67. The Hall–Kier alpha value is -2.28. The smallest absolute Gasteiger partial charge is 0.276 e. The van der Waals surface area contributed by atoms with Crippen LogP contribution in [0.1, 0.15) is 23.3 Å². The van der Waals surface area contributed by atoms with Crippen LogP contribution in [-0.2, 0) is 0 Å². The molecule has 3 rings (SSSR count). The molecule has 1 aliphatic rings. The topological polar surface area (TPSA) is 79.5 Å². The Morgan fingerprint density at radius 1 is 1.45 bits per heavy atom. The minimum absolute atomic E-state index is 0.125. The summed E-state index contributed by atoms with van der Waals surface area (Å²) in [4.78, 5) is 17.7. The van der Waals surface area contributed by atoms with Crippen LogP contribution >= 0.6 is 0 Å². The van der Waals surface area contributed by atoms with E-state index in [-0.39, 0.29) is 24.6 Å². The third kappa shape index (κ3) is 2.85. The number of hydrogen-bond donors (Lipinski definition) is 1. The van der Waals surface area contributed by atoms with E-state index in [2.05, 4.69) is 10.1 Å². The Bertz CT molecular complexity index is 661. The molecule has 1 fully saturated rings. The fraction of sp³-hybridized carbons (Fsp3) is 0.400. The Morgan fingerprint density at radius 3 is 2.95 bits per heavy atom. The van der Waals surface area contributed by atoms with Crippen molar-refractivity contribution in [2.45, 2.75) is 18.5 Å². The van der Waals surface area contributed by atoms with E-state index >= 15 is 0 Å². The maximum absolute atomic E-state index is 14.2. The minimum Gasteiger partial charge on any atom is -0.393 e. The molecule has 0 saturated carbocycles. The molecule has 1 unspecified atom stereocenters. The molecule has 1 N–H and O–H groups in total. The molecule has 116 valence electrons. The lowest BCUT2D eigenvalue weighted by molar-refractivity contribution is 0.00137. The molecule has 1 saturated heterocycles. The lowest BCUT2D eigenvalue weighted by atomic mass is 9.95. The van der Waals surface area contributed by atoms with Gasteiger partial charge in [-0.15, -0.1) is 0 Å². The zero-order valence-electron chi connectivity index (χ0n) is 11.9. The quantitative estimate of drug-likeness (QED) is 0.933. The average Bonchev–Trinajstić information content (AvgIpc) is 3.05. The molecular formula is C15H16FN3O3. The number of aromatic nitrogens is 2. The largest absolute Gasteiger partial charge is 0.393 e. The Kier molecular flexibility index (Phi) is 3.89. The van der Waals surface area contributed by atoms with E-state index in [9.17, 15) is 9.18 Å². The highest BCUT2D eigenvalue weighted by Crippen LogP contribution is 2.26. The molecule has 0 aliphatic carbocycles. The van der Waals surface area contributed by atoms with Gasteiger partial charge in [0.1, 0.15) is 0 Å². The fourth-order valence-corrected chi connectivity index (χ4v) is 2.58. The van der Waals surface area contributed by atoms with Gasteiger partial charge in [-0.25, -0.2) is 4.39 Å². The highest BCUT2D eigenvalue weighted by atomic mass is 19.1. The van der Waals surface area contributed by atoms with Crippen LogP contribution in [0.5, 0.6) is 0 Å². The number of rotatable bonds is 3. The number of carbonyl (C=O) groups is 1. The Balaban J connectivity index is 1.77. The second-order valence-corrected chi connectivity index (χ2v) is 5.45. The van der Waals surface area contributed by atoms with E-state index in [4.69, 9.17) is 9.63 Å². The summed E-state index contributed by atoms with van der Waals surface area (Å²) >= 11 is 0. The number of nitrogens with zero attached hydrogens (tertiary/aromatic N) is 3. The molecule has 3 heterocycles. The molecule has 2 aromatic heterocycles. The van der Waals surface area contributed by atoms with E-state index in [1.165, 1.54) is 11.0 Å². The first-order valence-corrected chi connectivity index (χ1v) is 7.07. The summed E-state index contributed by atoms with van der Waals surface area (Å²) < 4.78 is 19.4. The van der Waals surface area contributed by atoms with Crippen molar-refractivity contribution in [2.75, 3.05) is 19.7 Å². The van der Waals surface area contributed by atoms with Gasteiger partial charge in [0.05, 0.1) is 13.2 Å². The van der Waals surface area contributed by atoms with Gasteiger partial charge in [-0.2, -0.15) is 0 Å². The molecular weight excluding hydrogens is 289 g/mol. The average molecular weight is 305 g/mol. The van der Waals surface area contributed by atoms with E-state index < -0.39 is 12.3 Å². The molecule has 0 spiro atoms. The molecule has 1 aliphatic heterocycles. The van der Waals surface area contributed by atoms with Crippen molar-refractivity contribution in [3.63, 3.8) is 0 Å². The van der Waals surface area contributed by atoms with Crippen LogP contribution < -0.4 is 0 Å². The van der Waals surface area contributed by atoms with Gasteiger partial charge in [0.25, 0.3) is 5.91 Å². The third-order valence-corrected chi connectivity index (χ3v) is 3.79. The Labute approximate surface area is 126 Å². The summed E-state index contributed by atoms with van der Waals surface area (Å²) in [6.45, 7) is -0.264. The van der Waals surface area contributed by atoms with Crippen molar-refractivity contribution in [3.05, 3.63) is 36.3 Å². The first-order chi connectivity index (χ1) is 10.6. The van der Waals surface area contributed by atoms with Gasteiger partial charge in [-0.3, -0.25) is 9.78 Å². The lowest BCUT2D eigenvalue weighted by Crippen LogP contribution is -2.49. The van der Waals surface area contributed by atoms with E-state index in [0.29, 0.717) is 18.7 Å². The minimum atomic E-state index is -1.73. The van der Waals surface area contributed by atoms with Gasteiger partial charge >= 0.3 is 0 Å². The molecule has 22 heavy (non-hydrogen) atoms. The van der Waals surface area contributed by atoms with E-state index in [0.717, 1.165) is 5.56 Å². The van der Waals surface area contributed by atoms with Gasteiger partial charge in [0.2, 0.25) is 0 Å². The van der Waals surface area contributed by atoms with Crippen LogP contribution in [0.15, 0.2) is 35.1 Å². The van der Waals surface area contributed by atoms with Gasteiger partial charge in [-0.1, -0.05) is 5.16 Å². The maximum Gasteiger partial charge on any atom is 0.276 e. The van der Waals surface area contributed by atoms with Crippen molar-refractivity contribution < 1.29 is 18.8 Å². The molecule has 0 bridgehead atoms. The summed E-state index contributed by atoms with van der Waals surface area (Å²) in [6, 6.07) is 5.02. The van der Waals surface area contributed by atoms with Gasteiger partial charge in [0, 0.05) is 30.6 Å². The third-order valence-electron chi connectivity index (χ3n) is 3.79. The number of carbonyl (C=O) groups excluding carboxylic acids is 1.